The maximum Gasteiger partial charge on any atom is 0.333 e. The Balaban J connectivity index is 0.000000658. The van der Waals surface area contributed by atoms with Crippen molar-refractivity contribution < 1.29 is 24.0 Å². The zero-order valence-corrected chi connectivity index (χ0v) is 20.7. The Morgan fingerprint density at radius 2 is 1.37 bits per heavy atom. The fourth-order valence-corrected chi connectivity index (χ4v) is 2.52. The van der Waals surface area contributed by atoms with Crippen molar-refractivity contribution in [3.8, 4) is 0 Å². The minimum Gasteiger partial charge on any atom is -0.463 e. The van der Waals surface area contributed by atoms with Crippen LogP contribution in [0.5, 0.6) is 0 Å². The fourth-order valence-electron chi connectivity index (χ4n) is 2.52. The number of likely N-dealkylation sites (N-methyl/N-ethyl adjacent to an activating group) is 1. The van der Waals surface area contributed by atoms with Gasteiger partial charge in [-0.15, -0.1) is 0 Å². The second-order valence-electron chi connectivity index (χ2n) is 7.61. The van der Waals surface area contributed by atoms with Gasteiger partial charge in [-0.05, 0) is 56.2 Å². The summed E-state index contributed by atoms with van der Waals surface area (Å²) in [4.78, 5) is 34.0. The molecule has 0 saturated heterocycles. The van der Waals surface area contributed by atoms with E-state index in [4.69, 9.17) is 4.74 Å². The van der Waals surface area contributed by atoms with Crippen LogP contribution in [0.2, 0.25) is 0 Å². The molecule has 8 heteroatoms. The quantitative estimate of drug-likeness (QED) is 0.147. The highest BCUT2D eigenvalue weighted by molar-refractivity contribution is 5.87. The molecule has 0 radical (unpaired) electrons. The molecular formula is C27H32N2O6. The summed E-state index contributed by atoms with van der Waals surface area (Å²) in [6.45, 7) is 13.3. The van der Waals surface area contributed by atoms with Gasteiger partial charge < -0.3 is 14.4 Å². The zero-order chi connectivity index (χ0) is 26.4. The third kappa shape index (κ3) is 11.0. The third-order valence-corrected chi connectivity index (χ3v) is 4.54. The molecule has 35 heavy (non-hydrogen) atoms. The number of hydrogen-bond donors (Lipinski definition) is 0. The Bertz CT molecular complexity index is 1060. The van der Waals surface area contributed by atoms with Crippen molar-refractivity contribution in [3.05, 3.63) is 94.1 Å². The average Bonchev–Trinajstić information content (AvgIpc) is 2.83. The van der Waals surface area contributed by atoms with E-state index in [2.05, 4.69) is 17.9 Å². The molecule has 8 nitrogen and oxygen atoms in total. The van der Waals surface area contributed by atoms with Gasteiger partial charge in [-0.25, -0.2) is 9.59 Å². The molecule has 0 unspecified atom stereocenters. The summed E-state index contributed by atoms with van der Waals surface area (Å²) in [6.07, 6.45) is 3.85. The van der Waals surface area contributed by atoms with Crippen molar-refractivity contribution in [2.45, 2.75) is 20.8 Å². The second kappa shape index (κ2) is 14.8. The molecule has 2 aromatic rings. The molecule has 0 saturated carbocycles. The zero-order valence-electron chi connectivity index (χ0n) is 20.7. The number of benzene rings is 2. The molecule has 0 heterocycles. The molecule has 0 fully saturated rings. The van der Waals surface area contributed by atoms with Gasteiger partial charge in [-0.2, -0.15) is 0 Å². The SMILES string of the molecule is C=C(C)C(=O)OCC.C=C(C)C(=O)OCCN(C)c1ccc(C=Cc2ccc([N+](=O)[O-])cc2)cc1. The van der Waals surface area contributed by atoms with Gasteiger partial charge in [-0.3, -0.25) is 10.1 Å². The van der Waals surface area contributed by atoms with Crippen LogP contribution in [0, 0.1) is 10.1 Å². The van der Waals surface area contributed by atoms with E-state index in [1.165, 1.54) is 12.1 Å². The molecule has 0 atom stereocenters. The van der Waals surface area contributed by atoms with Gasteiger partial charge in [0.25, 0.3) is 5.69 Å². The van der Waals surface area contributed by atoms with Crippen LogP contribution in [0.15, 0.2) is 72.8 Å². The number of nitro groups is 1. The number of carbonyl (C=O) groups excluding carboxylic acids is 2. The van der Waals surface area contributed by atoms with Crippen molar-refractivity contribution in [3.63, 3.8) is 0 Å². The third-order valence-electron chi connectivity index (χ3n) is 4.54. The van der Waals surface area contributed by atoms with Gasteiger partial charge in [0.15, 0.2) is 0 Å². The minimum absolute atomic E-state index is 0.0773. The molecule has 0 amide bonds. The second-order valence-corrected chi connectivity index (χ2v) is 7.61. The Labute approximate surface area is 206 Å². The normalized spacial score (nSPS) is 10.1. The van der Waals surface area contributed by atoms with E-state index >= 15 is 0 Å². The van der Waals surface area contributed by atoms with Gasteiger partial charge in [-0.1, -0.05) is 37.4 Å². The maximum atomic E-state index is 11.4. The largest absolute Gasteiger partial charge is 0.463 e. The van der Waals surface area contributed by atoms with Crippen LogP contribution in [0.25, 0.3) is 12.2 Å². The fraction of sp³-hybridized carbons (Fsp3) is 0.259. The number of ether oxygens (including phenoxy) is 2. The molecule has 0 spiro atoms. The first-order valence-electron chi connectivity index (χ1n) is 10.9. The Hall–Kier alpha value is -4.20. The molecule has 2 rings (SSSR count). The van der Waals surface area contributed by atoms with Crippen molar-refractivity contribution in [1.29, 1.82) is 0 Å². The van der Waals surface area contributed by atoms with Crippen molar-refractivity contribution in [1.82, 2.24) is 0 Å². The van der Waals surface area contributed by atoms with Crippen molar-refractivity contribution in [2.75, 3.05) is 31.7 Å². The lowest BCUT2D eigenvalue weighted by Gasteiger charge is -2.19. The number of esters is 2. The first-order valence-corrected chi connectivity index (χ1v) is 10.9. The van der Waals surface area contributed by atoms with Crippen LogP contribution in [0.3, 0.4) is 0 Å². The minimum atomic E-state index is -0.414. The Morgan fingerprint density at radius 3 is 1.77 bits per heavy atom. The van der Waals surface area contributed by atoms with Crippen molar-refractivity contribution >= 4 is 35.5 Å². The van der Waals surface area contributed by atoms with Crippen LogP contribution in [-0.2, 0) is 19.1 Å². The van der Waals surface area contributed by atoms with Gasteiger partial charge >= 0.3 is 11.9 Å². The first kappa shape index (κ1) is 28.8. The Kier molecular flexibility index (Phi) is 12.2. The molecule has 0 bridgehead atoms. The smallest absolute Gasteiger partial charge is 0.333 e. The van der Waals surface area contributed by atoms with Crippen LogP contribution >= 0.6 is 0 Å². The van der Waals surface area contributed by atoms with E-state index < -0.39 is 4.92 Å². The topological polar surface area (TPSA) is 99.0 Å². The number of carbonyl (C=O) groups is 2. The number of nitrogens with zero attached hydrogens (tertiary/aromatic N) is 2. The number of non-ortho nitro benzene ring substituents is 1. The highest BCUT2D eigenvalue weighted by Crippen LogP contribution is 2.17. The Morgan fingerprint density at radius 1 is 0.914 bits per heavy atom. The van der Waals surface area contributed by atoms with Gasteiger partial charge in [0.2, 0.25) is 0 Å². The molecule has 0 aliphatic carbocycles. The van der Waals surface area contributed by atoms with E-state index in [1.807, 2.05) is 48.4 Å². The first-order chi connectivity index (χ1) is 16.5. The molecule has 0 N–H and O–H groups in total. The average molecular weight is 481 g/mol. The summed E-state index contributed by atoms with van der Waals surface area (Å²) in [5.41, 5.74) is 3.83. The standard InChI is InChI=1S/C21H22N2O4.C6H10O2/c1-16(2)21(24)27-15-14-22(3)19-10-6-17(7-11-19)4-5-18-8-12-20(13-9-18)23(25)26;1-4-8-6(7)5(2)3/h4-13H,1,14-15H2,2-3H3;2,4H2,1,3H3. The maximum absolute atomic E-state index is 11.4. The predicted molar refractivity (Wildman–Crippen MR) is 139 cm³/mol. The number of rotatable bonds is 10. The summed E-state index contributed by atoms with van der Waals surface area (Å²) in [7, 11) is 1.93. The highest BCUT2D eigenvalue weighted by Gasteiger charge is 2.05. The van der Waals surface area contributed by atoms with Crippen LogP contribution in [0.1, 0.15) is 31.9 Å². The van der Waals surface area contributed by atoms with Crippen LogP contribution < -0.4 is 4.90 Å². The lowest BCUT2D eigenvalue weighted by atomic mass is 10.1. The van der Waals surface area contributed by atoms with Gasteiger partial charge in [0.1, 0.15) is 6.61 Å². The summed E-state index contributed by atoms with van der Waals surface area (Å²) >= 11 is 0. The summed E-state index contributed by atoms with van der Waals surface area (Å²) in [5, 5.41) is 10.7. The van der Waals surface area contributed by atoms with E-state index in [0.29, 0.717) is 30.9 Å². The number of anilines is 1. The lowest BCUT2D eigenvalue weighted by Crippen LogP contribution is -2.23. The van der Waals surface area contributed by atoms with E-state index in [9.17, 15) is 19.7 Å². The van der Waals surface area contributed by atoms with Crippen LogP contribution in [-0.4, -0.2) is 43.7 Å². The summed E-state index contributed by atoms with van der Waals surface area (Å²) in [6, 6.07) is 14.3. The van der Waals surface area contributed by atoms with E-state index in [0.717, 1.165) is 16.8 Å². The van der Waals surface area contributed by atoms with Crippen LogP contribution in [0.4, 0.5) is 11.4 Å². The summed E-state index contributed by atoms with van der Waals surface area (Å²) in [5.74, 6) is -0.692. The monoisotopic (exact) mass is 480 g/mol. The van der Waals surface area contributed by atoms with E-state index in [1.54, 1.807) is 32.9 Å². The van der Waals surface area contributed by atoms with Gasteiger partial charge in [0, 0.05) is 36.0 Å². The summed E-state index contributed by atoms with van der Waals surface area (Å²) < 4.78 is 9.66. The number of hydrogen-bond acceptors (Lipinski definition) is 7. The lowest BCUT2D eigenvalue weighted by molar-refractivity contribution is -0.384. The predicted octanol–water partition coefficient (Wildman–Crippen LogP) is 5.45. The molecule has 0 aliphatic heterocycles. The van der Waals surface area contributed by atoms with E-state index in [-0.39, 0.29) is 17.6 Å². The molecule has 0 aromatic heterocycles. The molecule has 2 aromatic carbocycles. The van der Waals surface area contributed by atoms with Crippen molar-refractivity contribution in [2.24, 2.45) is 0 Å². The number of nitro benzene ring substituents is 1. The van der Waals surface area contributed by atoms with Gasteiger partial charge in [0.05, 0.1) is 18.1 Å². The molecule has 186 valence electrons. The highest BCUT2D eigenvalue weighted by atomic mass is 16.6. The molecular weight excluding hydrogens is 448 g/mol. The molecule has 0 aliphatic rings.